The number of para-hydroxylation sites is 1. The SMILES string of the molecule is Cn1c2ccccc2c2nnc(N/N=C/c3ccccc3F)nc21. The smallest absolute Gasteiger partial charge is 0.265 e. The first-order valence-corrected chi connectivity index (χ1v) is 7.35. The van der Waals surface area contributed by atoms with Crippen LogP contribution in [0.4, 0.5) is 10.3 Å². The molecule has 2 aromatic carbocycles. The molecule has 0 aliphatic heterocycles. The van der Waals surface area contributed by atoms with Gasteiger partial charge < -0.3 is 4.57 Å². The highest BCUT2D eigenvalue weighted by molar-refractivity contribution is 6.04. The molecular formula is C17H13FN6. The van der Waals surface area contributed by atoms with Gasteiger partial charge >= 0.3 is 0 Å². The standard InChI is InChI=1S/C17H13FN6/c1-24-14-9-5-3-7-12(14)15-16(24)20-17(23-21-15)22-19-10-11-6-2-4-8-13(11)18/h2-10H,1H3,(H,20,22,23)/b19-10+. The van der Waals surface area contributed by atoms with E-state index in [9.17, 15) is 4.39 Å². The molecule has 0 saturated heterocycles. The molecule has 2 heterocycles. The molecule has 0 atom stereocenters. The van der Waals surface area contributed by atoms with Crippen molar-refractivity contribution in [1.29, 1.82) is 0 Å². The van der Waals surface area contributed by atoms with Gasteiger partial charge in [0.05, 0.1) is 11.7 Å². The average Bonchev–Trinajstić information content (AvgIpc) is 2.90. The van der Waals surface area contributed by atoms with Crippen LogP contribution in [0.1, 0.15) is 5.56 Å². The van der Waals surface area contributed by atoms with Crippen molar-refractivity contribution in [2.75, 3.05) is 5.43 Å². The van der Waals surface area contributed by atoms with Crippen LogP contribution in [0, 0.1) is 5.82 Å². The van der Waals surface area contributed by atoms with Gasteiger partial charge in [-0.25, -0.2) is 9.82 Å². The summed E-state index contributed by atoms with van der Waals surface area (Å²) in [7, 11) is 1.92. The summed E-state index contributed by atoms with van der Waals surface area (Å²) in [5.41, 5.74) is 5.53. The van der Waals surface area contributed by atoms with Crippen molar-refractivity contribution in [2.24, 2.45) is 12.1 Å². The minimum atomic E-state index is -0.341. The lowest BCUT2D eigenvalue weighted by atomic mass is 10.2. The van der Waals surface area contributed by atoms with Crippen molar-refractivity contribution in [3.8, 4) is 0 Å². The summed E-state index contributed by atoms with van der Waals surface area (Å²) in [6.45, 7) is 0. The summed E-state index contributed by atoms with van der Waals surface area (Å²) < 4.78 is 15.5. The zero-order valence-electron chi connectivity index (χ0n) is 12.8. The first-order chi connectivity index (χ1) is 11.7. The highest BCUT2D eigenvalue weighted by Crippen LogP contribution is 2.24. The molecule has 118 valence electrons. The van der Waals surface area contributed by atoms with Crippen molar-refractivity contribution >= 4 is 34.2 Å². The first-order valence-electron chi connectivity index (χ1n) is 7.35. The number of benzene rings is 2. The molecule has 0 amide bonds. The van der Waals surface area contributed by atoms with Gasteiger partial charge in [-0.3, -0.25) is 0 Å². The van der Waals surface area contributed by atoms with E-state index in [1.807, 2.05) is 35.9 Å². The maximum atomic E-state index is 13.5. The van der Waals surface area contributed by atoms with E-state index in [0.717, 1.165) is 16.4 Å². The largest absolute Gasteiger partial charge is 0.327 e. The fraction of sp³-hybridized carbons (Fsp3) is 0.0588. The molecule has 1 N–H and O–H groups in total. The summed E-state index contributed by atoms with van der Waals surface area (Å²) in [6.07, 6.45) is 1.38. The molecule has 0 unspecified atom stereocenters. The predicted octanol–water partition coefficient (Wildman–Crippen LogP) is 3.10. The molecule has 0 fully saturated rings. The van der Waals surface area contributed by atoms with E-state index in [1.54, 1.807) is 18.2 Å². The summed E-state index contributed by atoms with van der Waals surface area (Å²) in [4.78, 5) is 4.44. The molecule has 2 aromatic heterocycles. The zero-order chi connectivity index (χ0) is 16.5. The maximum absolute atomic E-state index is 13.5. The van der Waals surface area contributed by atoms with Gasteiger partial charge in [-0.1, -0.05) is 36.4 Å². The third kappa shape index (κ3) is 2.36. The van der Waals surface area contributed by atoms with Gasteiger partial charge in [0.25, 0.3) is 5.95 Å². The molecule has 0 saturated carbocycles. The van der Waals surface area contributed by atoms with Crippen LogP contribution in [0.3, 0.4) is 0 Å². The normalized spacial score (nSPS) is 11.6. The van der Waals surface area contributed by atoms with Gasteiger partial charge in [0.1, 0.15) is 11.3 Å². The Kier molecular flexibility index (Phi) is 3.38. The lowest BCUT2D eigenvalue weighted by Gasteiger charge is -1.99. The number of nitrogens with zero attached hydrogens (tertiary/aromatic N) is 5. The zero-order valence-corrected chi connectivity index (χ0v) is 12.8. The third-order valence-corrected chi connectivity index (χ3v) is 3.78. The highest BCUT2D eigenvalue weighted by atomic mass is 19.1. The van der Waals surface area contributed by atoms with Crippen molar-refractivity contribution in [3.63, 3.8) is 0 Å². The van der Waals surface area contributed by atoms with Crippen LogP contribution in [0.15, 0.2) is 53.6 Å². The van der Waals surface area contributed by atoms with Gasteiger partial charge in [-0.2, -0.15) is 10.1 Å². The summed E-state index contributed by atoms with van der Waals surface area (Å²) >= 11 is 0. The molecule has 0 radical (unpaired) electrons. The Hall–Kier alpha value is -3.35. The van der Waals surface area contributed by atoms with Gasteiger partial charge in [0.2, 0.25) is 0 Å². The van der Waals surface area contributed by atoms with Gasteiger partial charge in [0, 0.05) is 18.0 Å². The topological polar surface area (TPSA) is 68.0 Å². The van der Waals surface area contributed by atoms with E-state index in [2.05, 4.69) is 25.7 Å². The van der Waals surface area contributed by atoms with Gasteiger partial charge in [-0.15, -0.1) is 10.2 Å². The average molecular weight is 320 g/mol. The van der Waals surface area contributed by atoms with E-state index in [1.165, 1.54) is 12.3 Å². The van der Waals surface area contributed by atoms with Crippen LogP contribution in [0.25, 0.3) is 22.1 Å². The molecule has 4 rings (SSSR count). The molecule has 0 aliphatic carbocycles. The number of hydrogen-bond donors (Lipinski definition) is 1. The monoisotopic (exact) mass is 320 g/mol. The van der Waals surface area contributed by atoms with E-state index in [-0.39, 0.29) is 11.8 Å². The van der Waals surface area contributed by atoms with E-state index < -0.39 is 0 Å². The molecule has 4 aromatic rings. The Labute approximate surface area is 136 Å². The van der Waals surface area contributed by atoms with Crippen LogP contribution >= 0.6 is 0 Å². The van der Waals surface area contributed by atoms with Crippen LogP contribution < -0.4 is 5.43 Å². The van der Waals surface area contributed by atoms with Crippen molar-refractivity contribution in [3.05, 3.63) is 59.9 Å². The van der Waals surface area contributed by atoms with Crippen molar-refractivity contribution in [1.82, 2.24) is 19.7 Å². The lowest BCUT2D eigenvalue weighted by Crippen LogP contribution is -2.01. The van der Waals surface area contributed by atoms with E-state index >= 15 is 0 Å². The summed E-state index contributed by atoms with van der Waals surface area (Å²) in [5.74, 6) is -0.0905. The number of hydrazone groups is 1. The molecule has 24 heavy (non-hydrogen) atoms. The summed E-state index contributed by atoms with van der Waals surface area (Å²) in [6, 6.07) is 14.3. The quantitative estimate of drug-likeness (QED) is 0.465. The van der Waals surface area contributed by atoms with Gasteiger partial charge in [-0.05, 0) is 12.1 Å². The number of fused-ring (bicyclic) bond motifs is 3. The Morgan fingerprint density at radius 3 is 2.75 bits per heavy atom. The number of aryl methyl sites for hydroxylation is 1. The number of rotatable bonds is 3. The first kappa shape index (κ1) is 14.3. The minimum absolute atomic E-state index is 0.251. The molecule has 7 heteroatoms. The minimum Gasteiger partial charge on any atom is -0.327 e. The van der Waals surface area contributed by atoms with Crippen LogP contribution in [0.2, 0.25) is 0 Å². The van der Waals surface area contributed by atoms with E-state index in [4.69, 9.17) is 0 Å². The number of nitrogens with one attached hydrogen (secondary N) is 1. The Morgan fingerprint density at radius 1 is 1.08 bits per heavy atom. The third-order valence-electron chi connectivity index (χ3n) is 3.78. The summed E-state index contributed by atoms with van der Waals surface area (Å²) in [5, 5.41) is 13.2. The second-order valence-corrected chi connectivity index (χ2v) is 5.28. The fourth-order valence-corrected chi connectivity index (χ4v) is 2.59. The Bertz CT molecular complexity index is 1070. The number of halogens is 1. The second-order valence-electron chi connectivity index (χ2n) is 5.28. The molecule has 0 spiro atoms. The van der Waals surface area contributed by atoms with Crippen LogP contribution in [-0.2, 0) is 7.05 Å². The Balaban J connectivity index is 1.67. The van der Waals surface area contributed by atoms with E-state index in [0.29, 0.717) is 11.2 Å². The van der Waals surface area contributed by atoms with Crippen LogP contribution in [0.5, 0.6) is 0 Å². The van der Waals surface area contributed by atoms with Crippen molar-refractivity contribution in [2.45, 2.75) is 0 Å². The highest BCUT2D eigenvalue weighted by Gasteiger charge is 2.11. The molecule has 0 bridgehead atoms. The van der Waals surface area contributed by atoms with Gasteiger partial charge in [0.15, 0.2) is 5.65 Å². The maximum Gasteiger partial charge on any atom is 0.265 e. The number of hydrogen-bond acceptors (Lipinski definition) is 5. The Morgan fingerprint density at radius 2 is 1.88 bits per heavy atom. The molecule has 0 aliphatic rings. The molecule has 6 nitrogen and oxygen atoms in total. The fourth-order valence-electron chi connectivity index (χ4n) is 2.59. The predicted molar refractivity (Wildman–Crippen MR) is 91.4 cm³/mol. The second kappa shape index (κ2) is 5.69. The number of aromatic nitrogens is 4. The lowest BCUT2D eigenvalue weighted by molar-refractivity contribution is 0.626. The molecular weight excluding hydrogens is 307 g/mol. The van der Waals surface area contributed by atoms with Crippen LogP contribution in [-0.4, -0.2) is 26.0 Å². The van der Waals surface area contributed by atoms with Crippen molar-refractivity contribution < 1.29 is 4.39 Å². The number of anilines is 1.